The topological polar surface area (TPSA) is 46.6 Å². The Balaban J connectivity index is 1.66. The molecule has 0 saturated carbocycles. The average Bonchev–Trinajstić information content (AvgIpc) is 3.00. The molecule has 0 spiro atoms. The normalized spacial score (nSPS) is 16.1. The third-order valence-corrected chi connectivity index (χ3v) is 4.25. The lowest BCUT2D eigenvalue weighted by Crippen LogP contribution is -2.33. The monoisotopic (exact) mass is 333 g/mol. The molecule has 4 rings (SSSR count). The van der Waals surface area contributed by atoms with Crippen LogP contribution >= 0.6 is 0 Å². The zero-order valence-electron chi connectivity index (χ0n) is 13.9. The van der Waals surface area contributed by atoms with Gasteiger partial charge in [-0.3, -0.25) is 10.4 Å². The summed E-state index contributed by atoms with van der Waals surface area (Å²) >= 11 is 0. The third kappa shape index (κ3) is 3.27. The van der Waals surface area contributed by atoms with Crippen molar-refractivity contribution in [1.29, 1.82) is 0 Å². The van der Waals surface area contributed by atoms with Crippen molar-refractivity contribution < 1.29 is 9.57 Å². The summed E-state index contributed by atoms with van der Waals surface area (Å²) in [7, 11) is 1.68. The highest BCUT2D eigenvalue weighted by Gasteiger charge is 2.33. The van der Waals surface area contributed by atoms with E-state index in [1.54, 1.807) is 24.7 Å². The molecule has 0 amide bonds. The van der Waals surface area contributed by atoms with Crippen molar-refractivity contribution in [2.24, 2.45) is 0 Å². The van der Waals surface area contributed by atoms with Crippen LogP contribution < -0.4 is 15.0 Å². The van der Waals surface area contributed by atoms with Gasteiger partial charge in [-0.2, -0.15) is 0 Å². The van der Waals surface area contributed by atoms with E-state index in [1.807, 2.05) is 36.4 Å². The minimum absolute atomic E-state index is 0.0284. The second-order valence-corrected chi connectivity index (χ2v) is 5.87. The summed E-state index contributed by atoms with van der Waals surface area (Å²) in [5.74, 6) is 1.66. The van der Waals surface area contributed by atoms with E-state index < -0.39 is 0 Å². The highest BCUT2D eigenvalue weighted by atomic mass is 16.7. The summed E-state index contributed by atoms with van der Waals surface area (Å²) in [4.78, 5) is 10.1. The summed E-state index contributed by atoms with van der Waals surface area (Å²) in [6, 6.07) is 20.1. The van der Waals surface area contributed by atoms with E-state index in [1.165, 1.54) is 5.56 Å². The number of nitrogens with one attached hydrogen (secondary N) is 1. The van der Waals surface area contributed by atoms with E-state index in [0.717, 1.165) is 29.2 Å². The molecule has 2 heterocycles. The molecule has 0 bridgehead atoms. The van der Waals surface area contributed by atoms with Crippen LogP contribution in [0.1, 0.15) is 17.2 Å². The number of aromatic nitrogens is 1. The zero-order valence-corrected chi connectivity index (χ0v) is 13.9. The molecule has 1 atom stereocenters. The van der Waals surface area contributed by atoms with E-state index in [9.17, 15) is 0 Å². The highest BCUT2D eigenvalue weighted by Crippen LogP contribution is 2.41. The minimum Gasteiger partial charge on any atom is -0.497 e. The van der Waals surface area contributed by atoms with Gasteiger partial charge in [0, 0.05) is 18.0 Å². The maximum atomic E-state index is 6.04. The fourth-order valence-corrected chi connectivity index (χ4v) is 2.98. The number of rotatable bonds is 5. The summed E-state index contributed by atoms with van der Waals surface area (Å²) in [5.41, 5.74) is 6.60. The Hall–Kier alpha value is -3.05. The fourth-order valence-electron chi connectivity index (χ4n) is 2.98. The number of hydrogen-bond donors (Lipinski definition) is 1. The molecular weight excluding hydrogens is 314 g/mol. The van der Waals surface area contributed by atoms with Gasteiger partial charge >= 0.3 is 0 Å². The SMILES string of the molecule is COc1ccc2c(c1)C(Cc1ccccc1)N(Nc1ccncc1)O2. The second kappa shape index (κ2) is 6.83. The van der Waals surface area contributed by atoms with E-state index in [4.69, 9.17) is 9.57 Å². The predicted molar refractivity (Wildman–Crippen MR) is 96.2 cm³/mol. The van der Waals surface area contributed by atoms with Crippen LogP contribution in [0.2, 0.25) is 0 Å². The lowest BCUT2D eigenvalue weighted by molar-refractivity contribution is -0.0448. The highest BCUT2D eigenvalue weighted by molar-refractivity contribution is 5.47. The zero-order chi connectivity index (χ0) is 17.1. The number of ether oxygens (including phenoxy) is 1. The fraction of sp³-hybridized carbons (Fsp3) is 0.150. The lowest BCUT2D eigenvalue weighted by atomic mass is 9.99. The molecule has 1 N–H and O–H groups in total. The van der Waals surface area contributed by atoms with Crippen molar-refractivity contribution in [2.45, 2.75) is 12.5 Å². The Morgan fingerprint density at radius 2 is 1.88 bits per heavy atom. The van der Waals surface area contributed by atoms with Gasteiger partial charge in [0.05, 0.1) is 12.8 Å². The van der Waals surface area contributed by atoms with E-state index in [2.05, 4.69) is 34.7 Å². The summed E-state index contributed by atoms with van der Waals surface area (Å²) in [6.07, 6.45) is 4.32. The quantitative estimate of drug-likeness (QED) is 0.764. The molecule has 5 nitrogen and oxygen atoms in total. The van der Waals surface area contributed by atoms with Crippen molar-refractivity contribution in [3.8, 4) is 11.5 Å². The summed E-state index contributed by atoms with van der Waals surface area (Å²) in [6.45, 7) is 0. The third-order valence-electron chi connectivity index (χ3n) is 4.25. The van der Waals surface area contributed by atoms with Gasteiger partial charge in [-0.1, -0.05) is 30.3 Å². The van der Waals surface area contributed by atoms with E-state index in [-0.39, 0.29) is 6.04 Å². The van der Waals surface area contributed by atoms with Crippen molar-refractivity contribution in [1.82, 2.24) is 10.2 Å². The van der Waals surface area contributed by atoms with Crippen molar-refractivity contribution in [3.05, 3.63) is 84.2 Å². The molecule has 1 aliphatic heterocycles. The van der Waals surface area contributed by atoms with Crippen LogP contribution in [0.3, 0.4) is 0 Å². The molecule has 0 fully saturated rings. The first kappa shape index (κ1) is 15.5. The van der Waals surface area contributed by atoms with Crippen molar-refractivity contribution in [3.63, 3.8) is 0 Å². The summed E-state index contributed by atoms with van der Waals surface area (Å²) in [5, 5.41) is 1.80. The molecule has 126 valence electrons. The first-order valence-corrected chi connectivity index (χ1v) is 8.19. The Bertz CT molecular complexity index is 840. The van der Waals surface area contributed by atoms with Crippen molar-refractivity contribution in [2.75, 3.05) is 12.5 Å². The molecule has 25 heavy (non-hydrogen) atoms. The predicted octanol–water partition coefficient (Wildman–Crippen LogP) is 4.01. The molecule has 0 aliphatic carbocycles. The number of methoxy groups -OCH3 is 1. The van der Waals surface area contributed by atoms with Crippen LogP contribution in [-0.2, 0) is 6.42 Å². The molecule has 0 radical (unpaired) electrons. The van der Waals surface area contributed by atoms with Gasteiger partial charge in [-0.15, -0.1) is 0 Å². The number of hydrazine groups is 1. The van der Waals surface area contributed by atoms with Gasteiger partial charge in [-0.25, -0.2) is 0 Å². The first-order valence-electron chi connectivity index (χ1n) is 8.19. The number of pyridine rings is 1. The van der Waals surface area contributed by atoms with Gasteiger partial charge in [0.1, 0.15) is 11.8 Å². The molecule has 5 heteroatoms. The molecule has 1 aromatic heterocycles. The number of anilines is 1. The molecule has 0 saturated heterocycles. The van der Waals surface area contributed by atoms with Crippen LogP contribution in [0.5, 0.6) is 11.5 Å². The average molecular weight is 333 g/mol. The maximum Gasteiger partial charge on any atom is 0.155 e. The van der Waals surface area contributed by atoms with Gasteiger partial charge in [0.25, 0.3) is 0 Å². The molecule has 1 unspecified atom stereocenters. The number of nitrogens with zero attached hydrogens (tertiary/aromatic N) is 2. The van der Waals surface area contributed by atoms with Crippen LogP contribution in [0.25, 0.3) is 0 Å². The summed E-state index contributed by atoms with van der Waals surface area (Å²) < 4.78 is 5.39. The van der Waals surface area contributed by atoms with E-state index in [0.29, 0.717) is 0 Å². The Morgan fingerprint density at radius 1 is 1.08 bits per heavy atom. The molecule has 3 aromatic rings. The van der Waals surface area contributed by atoms with Crippen molar-refractivity contribution >= 4 is 5.69 Å². The second-order valence-electron chi connectivity index (χ2n) is 5.87. The first-order chi connectivity index (χ1) is 12.3. The molecular formula is C20H19N3O2. The van der Waals surface area contributed by atoms with Crippen LogP contribution in [0.15, 0.2) is 73.1 Å². The van der Waals surface area contributed by atoms with Crippen LogP contribution in [0.4, 0.5) is 5.69 Å². The van der Waals surface area contributed by atoms with E-state index >= 15 is 0 Å². The smallest absolute Gasteiger partial charge is 0.155 e. The van der Waals surface area contributed by atoms with Gasteiger partial charge in [-0.05, 0) is 47.5 Å². The molecule has 2 aromatic carbocycles. The molecule has 1 aliphatic rings. The van der Waals surface area contributed by atoms with Crippen LogP contribution in [-0.4, -0.2) is 17.3 Å². The van der Waals surface area contributed by atoms with Crippen LogP contribution in [0, 0.1) is 0 Å². The minimum atomic E-state index is 0.0284. The largest absolute Gasteiger partial charge is 0.497 e. The van der Waals surface area contributed by atoms with Gasteiger partial charge in [0.15, 0.2) is 5.75 Å². The number of fused-ring (bicyclic) bond motifs is 1. The van der Waals surface area contributed by atoms with Gasteiger partial charge in [0.2, 0.25) is 0 Å². The Morgan fingerprint density at radius 3 is 2.64 bits per heavy atom. The lowest BCUT2D eigenvalue weighted by Gasteiger charge is -2.24. The number of hydrogen-bond acceptors (Lipinski definition) is 5. The Labute approximate surface area is 146 Å². The number of benzene rings is 2. The van der Waals surface area contributed by atoms with Gasteiger partial charge < -0.3 is 9.57 Å². The standard InChI is InChI=1S/C20H19N3O2/c1-24-17-7-8-20-18(14-17)19(13-15-5-3-2-4-6-15)23(25-20)22-16-9-11-21-12-10-16/h2-12,14,19H,13H2,1H3,(H,21,22). The number of hydroxylamine groups is 1. The maximum absolute atomic E-state index is 6.04. The Kier molecular flexibility index (Phi) is 4.23.